The molecule has 1 aliphatic carbocycles. The van der Waals surface area contributed by atoms with Crippen molar-refractivity contribution < 1.29 is 13.5 Å². The molecular weight excluding hydrogens is 238 g/mol. The molecule has 2 aliphatic rings. The third kappa shape index (κ3) is 3.01. The normalized spacial score (nSPS) is 30.4. The molecule has 0 amide bonds. The number of hydrogen-bond donors (Lipinski definition) is 1. The lowest BCUT2D eigenvalue weighted by Gasteiger charge is -2.31. The van der Waals surface area contributed by atoms with Crippen LogP contribution in [-0.4, -0.2) is 42.8 Å². The van der Waals surface area contributed by atoms with Gasteiger partial charge in [-0.15, -0.1) is 0 Å². The zero-order valence-corrected chi connectivity index (χ0v) is 11.2. The molecule has 5 heteroatoms. The molecule has 2 unspecified atom stereocenters. The Morgan fingerprint density at radius 1 is 1.12 bits per heavy atom. The van der Waals surface area contributed by atoms with Crippen LogP contribution in [-0.2, 0) is 10.0 Å². The van der Waals surface area contributed by atoms with Gasteiger partial charge in [0.15, 0.2) is 0 Å². The van der Waals surface area contributed by atoms with Crippen molar-refractivity contribution in [1.29, 1.82) is 0 Å². The second-order valence-corrected chi connectivity index (χ2v) is 7.30. The number of fused-ring (bicyclic) bond motifs is 1. The van der Waals surface area contributed by atoms with Crippen molar-refractivity contribution in [2.45, 2.75) is 51.0 Å². The second-order valence-electron chi connectivity index (χ2n) is 5.26. The molecule has 100 valence electrons. The van der Waals surface area contributed by atoms with E-state index in [2.05, 4.69) is 0 Å². The fraction of sp³-hybridized carbons (Fsp3) is 1.00. The van der Waals surface area contributed by atoms with E-state index in [1.165, 1.54) is 19.3 Å². The van der Waals surface area contributed by atoms with Crippen LogP contribution in [0.1, 0.15) is 44.9 Å². The van der Waals surface area contributed by atoms with Crippen LogP contribution in [0.2, 0.25) is 0 Å². The highest BCUT2D eigenvalue weighted by Crippen LogP contribution is 2.37. The third-order valence-corrected chi connectivity index (χ3v) is 6.10. The molecule has 0 aromatic carbocycles. The molecule has 2 atom stereocenters. The Bertz CT molecular complexity index is 342. The largest absolute Gasteiger partial charge is 0.396 e. The highest BCUT2D eigenvalue weighted by Gasteiger charge is 2.41. The molecule has 1 heterocycles. The van der Waals surface area contributed by atoms with Gasteiger partial charge in [0.25, 0.3) is 0 Å². The van der Waals surface area contributed by atoms with Crippen molar-refractivity contribution in [1.82, 2.24) is 4.31 Å². The van der Waals surface area contributed by atoms with E-state index < -0.39 is 10.0 Å². The van der Waals surface area contributed by atoms with Crippen LogP contribution in [0.3, 0.4) is 0 Å². The number of aliphatic hydroxyl groups is 1. The zero-order chi connectivity index (χ0) is 12.3. The molecule has 1 saturated heterocycles. The Balaban J connectivity index is 1.96. The Morgan fingerprint density at radius 2 is 1.88 bits per heavy atom. The molecule has 1 N–H and O–H groups in total. The molecule has 0 aromatic rings. The van der Waals surface area contributed by atoms with Gasteiger partial charge in [0.05, 0.1) is 5.75 Å². The Kier molecular flexibility index (Phi) is 4.44. The summed E-state index contributed by atoms with van der Waals surface area (Å²) in [5, 5.41) is 8.71. The highest BCUT2D eigenvalue weighted by molar-refractivity contribution is 7.89. The minimum Gasteiger partial charge on any atom is -0.396 e. The first kappa shape index (κ1) is 13.3. The summed E-state index contributed by atoms with van der Waals surface area (Å²) in [5.41, 5.74) is 0. The molecule has 1 saturated carbocycles. The van der Waals surface area contributed by atoms with E-state index in [0.29, 0.717) is 18.8 Å². The lowest BCUT2D eigenvalue weighted by Crippen LogP contribution is -2.40. The van der Waals surface area contributed by atoms with Gasteiger partial charge in [-0.05, 0) is 38.0 Å². The van der Waals surface area contributed by atoms with Crippen molar-refractivity contribution >= 4 is 10.0 Å². The quantitative estimate of drug-likeness (QED) is 0.760. The lowest BCUT2D eigenvalue weighted by atomic mass is 9.86. The summed E-state index contributed by atoms with van der Waals surface area (Å²) < 4.78 is 26.2. The van der Waals surface area contributed by atoms with Gasteiger partial charge in [-0.2, -0.15) is 4.31 Å². The highest BCUT2D eigenvalue weighted by atomic mass is 32.2. The smallest absolute Gasteiger partial charge is 0.214 e. The number of sulfonamides is 1. The van der Waals surface area contributed by atoms with E-state index in [1.807, 2.05) is 0 Å². The van der Waals surface area contributed by atoms with E-state index in [4.69, 9.17) is 5.11 Å². The van der Waals surface area contributed by atoms with Gasteiger partial charge in [0.2, 0.25) is 10.0 Å². The number of rotatable bonds is 5. The summed E-state index contributed by atoms with van der Waals surface area (Å²) in [7, 11) is -3.08. The van der Waals surface area contributed by atoms with Crippen LogP contribution in [0.5, 0.6) is 0 Å². The molecular formula is C12H23NO3S. The monoisotopic (exact) mass is 261 g/mol. The van der Waals surface area contributed by atoms with Crippen molar-refractivity contribution in [2.75, 3.05) is 18.9 Å². The van der Waals surface area contributed by atoms with Gasteiger partial charge in [-0.25, -0.2) is 8.42 Å². The van der Waals surface area contributed by atoms with E-state index >= 15 is 0 Å². The number of unbranched alkanes of at least 4 members (excludes halogenated alkanes) is 1. The summed E-state index contributed by atoms with van der Waals surface area (Å²) in [4.78, 5) is 0. The molecule has 0 bridgehead atoms. The number of hydrogen-bond acceptors (Lipinski definition) is 3. The van der Waals surface area contributed by atoms with Crippen LogP contribution in [0.4, 0.5) is 0 Å². The van der Waals surface area contributed by atoms with Gasteiger partial charge in [-0.1, -0.05) is 12.8 Å². The van der Waals surface area contributed by atoms with Crippen molar-refractivity contribution in [3.8, 4) is 0 Å². The maximum atomic E-state index is 12.2. The van der Waals surface area contributed by atoms with Crippen LogP contribution < -0.4 is 0 Å². The SMILES string of the molecule is O=S(=O)(CCCCO)N1CCC2CCCCC21. The minimum atomic E-state index is -3.08. The van der Waals surface area contributed by atoms with Crippen LogP contribution in [0.15, 0.2) is 0 Å². The molecule has 0 aromatic heterocycles. The predicted molar refractivity (Wildman–Crippen MR) is 67.2 cm³/mol. The summed E-state index contributed by atoms with van der Waals surface area (Å²) in [6, 6.07) is 0.280. The first-order valence-electron chi connectivity index (χ1n) is 6.75. The van der Waals surface area contributed by atoms with Crippen LogP contribution >= 0.6 is 0 Å². The molecule has 1 aliphatic heterocycles. The first-order chi connectivity index (χ1) is 8.15. The zero-order valence-electron chi connectivity index (χ0n) is 10.3. The Labute approximate surface area is 104 Å². The fourth-order valence-electron chi connectivity index (χ4n) is 3.22. The van der Waals surface area contributed by atoms with E-state index in [-0.39, 0.29) is 18.4 Å². The van der Waals surface area contributed by atoms with Gasteiger partial charge in [-0.3, -0.25) is 0 Å². The molecule has 2 fully saturated rings. The van der Waals surface area contributed by atoms with E-state index in [0.717, 1.165) is 19.4 Å². The first-order valence-corrected chi connectivity index (χ1v) is 8.36. The summed E-state index contributed by atoms with van der Waals surface area (Å²) in [6.07, 6.45) is 6.89. The predicted octanol–water partition coefficient (Wildman–Crippen LogP) is 1.35. The van der Waals surface area contributed by atoms with Crippen molar-refractivity contribution in [3.05, 3.63) is 0 Å². The van der Waals surface area contributed by atoms with Gasteiger partial charge in [0, 0.05) is 19.2 Å². The molecule has 17 heavy (non-hydrogen) atoms. The third-order valence-electron chi connectivity index (χ3n) is 4.13. The summed E-state index contributed by atoms with van der Waals surface area (Å²) in [5.74, 6) is 0.813. The maximum Gasteiger partial charge on any atom is 0.214 e. The van der Waals surface area contributed by atoms with E-state index in [9.17, 15) is 8.42 Å². The Morgan fingerprint density at radius 3 is 2.65 bits per heavy atom. The molecule has 0 spiro atoms. The fourth-order valence-corrected chi connectivity index (χ4v) is 5.10. The standard InChI is InChI=1S/C12H23NO3S/c14-9-3-4-10-17(15,16)13-8-7-11-5-1-2-6-12(11)13/h11-12,14H,1-10H2. The van der Waals surface area contributed by atoms with Crippen LogP contribution in [0, 0.1) is 5.92 Å². The van der Waals surface area contributed by atoms with Gasteiger partial charge >= 0.3 is 0 Å². The summed E-state index contributed by atoms with van der Waals surface area (Å²) >= 11 is 0. The average Bonchev–Trinajstić information content (AvgIpc) is 2.73. The topological polar surface area (TPSA) is 57.6 Å². The van der Waals surface area contributed by atoms with Gasteiger partial charge < -0.3 is 5.11 Å². The van der Waals surface area contributed by atoms with E-state index in [1.54, 1.807) is 4.31 Å². The number of nitrogens with zero attached hydrogens (tertiary/aromatic N) is 1. The maximum absolute atomic E-state index is 12.2. The molecule has 2 rings (SSSR count). The van der Waals surface area contributed by atoms with Gasteiger partial charge in [0.1, 0.15) is 0 Å². The molecule has 0 radical (unpaired) electrons. The lowest BCUT2D eigenvalue weighted by molar-refractivity contribution is 0.259. The minimum absolute atomic E-state index is 0.0849. The summed E-state index contributed by atoms with van der Waals surface area (Å²) in [6.45, 7) is 0.804. The Hall–Kier alpha value is -0.130. The number of aliphatic hydroxyl groups excluding tert-OH is 1. The van der Waals surface area contributed by atoms with Crippen molar-refractivity contribution in [3.63, 3.8) is 0 Å². The van der Waals surface area contributed by atoms with Crippen molar-refractivity contribution in [2.24, 2.45) is 5.92 Å². The van der Waals surface area contributed by atoms with Crippen LogP contribution in [0.25, 0.3) is 0 Å². The second kappa shape index (κ2) is 5.67. The molecule has 4 nitrogen and oxygen atoms in total. The average molecular weight is 261 g/mol.